The summed E-state index contributed by atoms with van der Waals surface area (Å²) >= 11 is 0. The molecule has 9 rings (SSSR count). The van der Waals surface area contributed by atoms with Crippen molar-refractivity contribution in [3.63, 3.8) is 0 Å². The summed E-state index contributed by atoms with van der Waals surface area (Å²) in [6.07, 6.45) is 1.90. The SMILES string of the molecule is [2H]C(C)(C)c1cc(-c2ccccc2)c(-n2c(-c3cc(C(C)C)cc(C(C)C)c3O)nc3c(-c4[c-]c(-c5cc(-c6ccc(C(C)(C)C)cc6)ccn5)cc(C(C)(C)C)c4)cccc32)cc1-c1ccccc1.[Pt]. The van der Waals surface area contributed by atoms with Crippen LogP contribution in [0.1, 0.15) is 130 Å². The molecule has 5 heteroatoms. The van der Waals surface area contributed by atoms with Crippen LogP contribution in [0.5, 0.6) is 5.75 Å². The van der Waals surface area contributed by atoms with Crippen molar-refractivity contribution in [1.82, 2.24) is 14.5 Å². The molecular formula is C65H66N3OPt-. The van der Waals surface area contributed by atoms with Crippen LogP contribution in [0.25, 0.3) is 83.9 Å². The van der Waals surface area contributed by atoms with Crippen LogP contribution in [0.2, 0.25) is 0 Å². The molecule has 7 aromatic carbocycles. The average Bonchev–Trinajstić information content (AvgIpc) is 3.72. The van der Waals surface area contributed by atoms with Crippen LogP contribution in [0.3, 0.4) is 0 Å². The van der Waals surface area contributed by atoms with E-state index in [0.717, 1.165) is 94.7 Å². The molecule has 0 aliphatic heterocycles. The van der Waals surface area contributed by atoms with Crippen molar-refractivity contribution >= 4 is 11.0 Å². The van der Waals surface area contributed by atoms with Gasteiger partial charge in [-0.2, -0.15) is 0 Å². The van der Waals surface area contributed by atoms with E-state index in [1.165, 1.54) is 5.56 Å². The summed E-state index contributed by atoms with van der Waals surface area (Å²) < 4.78 is 11.8. The normalized spacial score (nSPS) is 12.4. The maximum Gasteiger partial charge on any atom is 0.148 e. The van der Waals surface area contributed by atoms with Crippen molar-refractivity contribution in [3.05, 3.63) is 192 Å². The second kappa shape index (κ2) is 19.8. The van der Waals surface area contributed by atoms with Gasteiger partial charge in [-0.3, -0.25) is 9.55 Å². The first kappa shape index (κ1) is 48.7. The predicted octanol–water partition coefficient (Wildman–Crippen LogP) is 17.9. The van der Waals surface area contributed by atoms with Crippen LogP contribution in [0.15, 0.2) is 158 Å². The molecule has 0 radical (unpaired) electrons. The fourth-order valence-electron chi connectivity index (χ4n) is 9.46. The molecule has 0 aliphatic carbocycles. The third kappa shape index (κ3) is 9.86. The molecule has 9 aromatic rings. The van der Waals surface area contributed by atoms with E-state index < -0.39 is 5.89 Å². The molecule has 0 aliphatic rings. The average molecular weight is 1100 g/mol. The number of imidazole rings is 1. The second-order valence-electron chi connectivity index (χ2n) is 21.6. The molecule has 0 amide bonds. The van der Waals surface area contributed by atoms with Gasteiger partial charge in [-0.15, -0.1) is 29.3 Å². The van der Waals surface area contributed by atoms with Gasteiger partial charge in [-0.05, 0) is 109 Å². The number of rotatable bonds is 10. The van der Waals surface area contributed by atoms with Gasteiger partial charge in [0, 0.05) is 39.9 Å². The number of para-hydroxylation sites is 1. The molecule has 358 valence electrons. The van der Waals surface area contributed by atoms with E-state index in [1.807, 2.05) is 32.2 Å². The maximum atomic E-state index is 12.5. The Kier molecular flexibility index (Phi) is 13.8. The maximum absolute atomic E-state index is 12.5. The minimum Gasteiger partial charge on any atom is -0.507 e. The van der Waals surface area contributed by atoms with E-state index in [4.69, 9.17) is 9.97 Å². The number of phenols is 1. The van der Waals surface area contributed by atoms with Crippen LogP contribution in [0, 0.1) is 6.07 Å². The molecule has 0 unspecified atom stereocenters. The Balaban J connectivity index is 0.00000676. The molecule has 0 saturated carbocycles. The number of hydrogen-bond donors (Lipinski definition) is 1. The summed E-state index contributed by atoms with van der Waals surface area (Å²) in [5, 5.41) is 12.5. The van der Waals surface area contributed by atoms with E-state index in [-0.39, 0.29) is 49.5 Å². The Bertz CT molecular complexity index is 3370. The van der Waals surface area contributed by atoms with Gasteiger partial charge in [-0.25, -0.2) is 4.98 Å². The van der Waals surface area contributed by atoms with Crippen LogP contribution < -0.4 is 0 Å². The van der Waals surface area contributed by atoms with E-state index in [9.17, 15) is 6.48 Å². The number of aromatic hydroxyl groups is 1. The smallest absolute Gasteiger partial charge is 0.148 e. The van der Waals surface area contributed by atoms with Crippen molar-refractivity contribution in [2.24, 2.45) is 0 Å². The van der Waals surface area contributed by atoms with E-state index in [0.29, 0.717) is 11.4 Å². The summed E-state index contributed by atoms with van der Waals surface area (Å²) in [6.45, 7) is 26.1. The summed E-state index contributed by atoms with van der Waals surface area (Å²) in [7, 11) is 0. The largest absolute Gasteiger partial charge is 0.507 e. The van der Waals surface area contributed by atoms with Crippen LogP contribution in [-0.4, -0.2) is 19.6 Å². The Morgan fingerprint density at radius 2 is 1.17 bits per heavy atom. The number of hydrogen-bond acceptors (Lipinski definition) is 3. The van der Waals surface area contributed by atoms with E-state index in [2.05, 4.69) is 219 Å². The molecule has 2 heterocycles. The zero-order chi connectivity index (χ0) is 49.9. The molecule has 0 fully saturated rings. The fraction of sp³-hybridized carbons (Fsp3) is 0.262. The molecule has 70 heavy (non-hydrogen) atoms. The van der Waals surface area contributed by atoms with Gasteiger partial charge in [0.1, 0.15) is 11.6 Å². The molecule has 0 saturated heterocycles. The summed E-state index contributed by atoms with van der Waals surface area (Å²) in [6, 6.07) is 57.5. The van der Waals surface area contributed by atoms with Crippen molar-refractivity contribution in [1.29, 1.82) is 0 Å². The zero-order valence-electron chi connectivity index (χ0n) is 43.8. The van der Waals surface area contributed by atoms with Crippen LogP contribution in [0.4, 0.5) is 0 Å². The molecule has 2 aromatic heterocycles. The minimum atomic E-state index is -0.923. The first-order valence-electron chi connectivity index (χ1n) is 25.0. The van der Waals surface area contributed by atoms with Gasteiger partial charge < -0.3 is 5.11 Å². The number of benzene rings is 7. The van der Waals surface area contributed by atoms with E-state index in [1.54, 1.807) is 0 Å². The van der Waals surface area contributed by atoms with Gasteiger partial charge in [0.2, 0.25) is 0 Å². The standard InChI is InChI=1S/C65H66N3O.Pt/c1-40(2)47-35-54(42(5)6)62(69)57(36-47)63-67-61-52(48-32-49(34-51(33-48)65(10,11)12)58-37-46(30-31-66-58)43-26-28-50(29-27-43)64(7,8)9)24-19-25-59(61)68(63)60-39-55(44-20-15-13-16-21-44)53(41(3)4)38-56(60)45-22-17-14-18-23-45;/h13-31,33-42,69H,1-12H3;/q-1;/i41D;. The second-order valence-corrected chi connectivity index (χ2v) is 21.6. The Morgan fingerprint density at radius 3 is 1.77 bits per heavy atom. The predicted molar refractivity (Wildman–Crippen MR) is 292 cm³/mol. The molecule has 0 spiro atoms. The van der Waals surface area contributed by atoms with Gasteiger partial charge in [0.15, 0.2) is 0 Å². The van der Waals surface area contributed by atoms with E-state index >= 15 is 0 Å². The molecule has 0 bridgehead atoms. The topological polar surface area (TPSA) is 50.9 Å². The molecule has 0 atom stereocenters. The van der Waals surface area contributed by atoms with Crippen molar-refractivity contribution < 1.29 is 27.5 Å². The number of aromatic nitrogens is 3. The Morgan fingerprint density at radius 1 is 0.543 bits per heavy atom. The fourth-order valence-corrected chi connectivity index (χ4v) is 9.46. The van der Waals surface area contributed by atoms with Gasteiger partial charge in [0.25, 0.3) is 0 Å². The number of pyridine rings is 1. The van der Waals surface area contributed by atoms with Crippen LogP contribution >= 0.6 is 0 Å². The summed E-state index contributed by atoms with van der Waals surface area (Å²) in [4.78, 5) is 10.7. The summed E-state index contributed by atoms with van der Waals surface area (Å²) in [5.41, 5.74) is 18.3. The van der Waals surface area contributed by atoms with Crippen molar-refractivity contribution in [3.8, 4) is 78.6 Å². The number of nitrogens with zero attached hydrogens (tertiary/aromatic N) is 3. The quantitative estimate of drug-likeness (QED) is 0.139. The molecular weight excluding hydrogens is 1030 g/mol. The van der Waals surface area contributed by atoms with Gasteiger partial charge >= 0.3 is 0 Å². The van der Waals surface area contributed by atoms with Crippen molar-refractivity contribution in [2.45, 2.75) is 112 Å². The first-order chi connectivity index (χ1) is 33.2. The van der Waals surface area contributed by atoms with Crippen LogP contribution in [-0.2, 0) is 31.9 Å². The minimum absolute atomic E-state index is 0. The first-order valence-corrected chi connectivity index (χ1v) is 24.5. The zero-order valence-corrected chi connectivity index (χ0v) is 45.0. The number of phenolic OH excluding ortho intramolecular Hbond substituents is 1. The third-order valence-electron chi connectivity index (χ3n) is 13.6. The van der Waals surface area contributed by atoms with Gasteiger partial charge in [0.05, 0.1) is 22.3 Å². The Hall–Kier alpha value is -6.35. The molecule has 1 N–H and O–H groups in total. The molecule has 4 nitrogen and oxygen atoms in total. The van der Waals surface area contributed by atoms with Gasteiger partial charge in [-0.1, -0.05) is 203 Å². The number of fused-ring (bicyclic) bond motifs is 1. The monoisotopic (exact) mass is 1100 g/mol. The van der Waals surface area contributed by atoms with Crippen molar-refractivity contribution in [2.75, 3.05) is 0 Å². The summed E-state index contributed by atoms with van der Waals surface area (Å²) in [5.74, 6) is 0.215. The Labute approximate surface area is 432 Å². The third-order valence-corrected chi connectivity index (χ3v) is 13.6.